The Morgan fingerprint density at radius 1 is 1.35 bits per heavy atom. The SMILES string of the molecule is O=C(Cn1ncc2ccccc2c1=O)Nc1ncn[nH]1. The smallest absolute Gasteiger partial charge is 0.275 e. The Morgan fingerprint density at radius 2 is 2.20 bits per heavy atom. The van der Waals surface area contributed by atoms with Gasteiger partial charge in [0.1, 0.15) is 12.9 Å². The number of nitrogens with zero attached hydrogens (tertiary/aromatic N) is 4. The fraction of sp³-hybridized carbons (Fsp3) is 0.0833. The molecule has 8 nitrogen and oxygen atoms in total. The van der Waals surface area contributed by atoms with Crippen LogP contribution in [0.4, 0.5) is 5.95 Å². The molecule has 0 saturated heterocycles. The highest BCUT2D eigenvalue weighted by Gasteiger charge is 2.09. The fourth-order valence-corrected chi connectivity index (χ4v) is 1.81. The molecule has 20 heavy (non-hydrogen) atoms. The maximum absolute atomic E-state index is 12.2. The number of carbonyl (C=O) groups is 1. The largest absolute Gasteiger partial charge is 0.293 e. The van der Waals surface area contributed by atoms with E-state index >= 15 is 0 Å². The Bertz CT molecular complexity index is 808. The molecule has 3 aromatic rings. The van der Waals surface area contributed by atoms with E-state index in [2.05, 4.69) is 25.6 Å². The Kier molecular flexibility index (Phi) is 2.96. The maximum Gasteiger partial charge on any atom is 0.275 e. The summed E-state index contributed by atoms with van der Waals surface area (Å²) >= 11 is 0. The van der Waals surface area contributed by atoms with Gasteiger partial charge in [0, 0.05) is 5.39 Å². The van der Waals surface area contributed by atoms with Crippen molar-refractivity contribution in [2.24, 2.45) is 0 Å². The first-order valence-corrected chi connectivity index (χ1v) is 5.84. The van der Waals surface area contributed by atoms with E-state index in [9.17, 15) is 9.59 Å². The van der Waals surface area contributed by atoms with Gasteiger partial charge in [0.2, 0.25) is 11.9 Å². The van der Waals surface area contributed by atoms with Crippen molar-refractivity contribution in [3.63, 3.8) is 0 Å². The number of anilines is 1. The fourth-order valence-electron chi connectivity index (χ4n) is 1.81. The maximum atomic E-state index is 12.2. The molecule has 0 aliphatic carbocycles. The standard InChI is InChI=1S/C12H10N6O2/c19-10(16-12-13-7-14-17-12)6-18-11(20)9-4-2-1-3-8(9)5-15-18/h1-5,7H,6H2,(H2,13,14,16,17,19). The third-order valence-corrected chi connectivity index (χ3v) is 2.73. The van der Waals surface area contributed by atoms with Gasteiger partial charge in [-0.1, -0.05) is 18.2 Å². The second-order valence-electron chi connectivity index (χ2n) is 4.08. The monoisotopic (exact) mass is 270 g/mol. The molecule has 0 fully saturated rings. The molecule has 2 aromatic heterocycles. The molecule has 2 heterocycles. The van der Waals surface area contributed by atoms with Crippen LogP contribution in [0.15, 0.2) is 41.6 Å². The lowest BCUT2D eigenvalue weighted by molar-refractivity contribution is -0.117. The molecular weight excluding hydrogens is 260 g/mol. The van der Waals surface area contributed by atoms with Crippen molar-refractivity contribution in [2.75, 3.05) is 5.32 Å². The number of aromatic nitrogens is 5. The summed E-state index contributed by atoms with van der Waals surface area (Å²) in [6, 6.07) is 7.08. The minimum Gasteiger partial charge on any atom is -0.293 e. The van der Waals surface area contributed by atoms with Gasteiger partial charge in [-0.3, -0.25) is 14.9 Å². The molecule has 8 heteroatoms. The highest BCUT2D eigenvalue weighted by Crippen LogP contribution is 2.06. The van der Waals surface area contributed by atoms with E-state index in [1.165, 1.54) is 6.33 Å². The van der Waals surface area contributed by atoms with E-state index in [1.54, 1.807) is 24.4 Å². The van der Waals surface area contributed by atoms with Crippen molar-refractivity contribution in [1.29, 1.82) is 0 Å². The summed E-state index contributed by atoms with van der Waals surface area (Å²) in [4.78, 5) is 27.7. The minimum absolute atomic E-state index is 0.190. The van der Waals surface area contributed by atoms with Crippen LogP contribution in [-0.2, 0) is 11.3 Å². The molecule has 0 saturated carbocycles. The van der Waals surface area contributed by atoms with E-state index in [0.717, 1.165) is 10.1 Å². The van der Waals surface area contributed by atoms with Crippen molar-refractivity contribution >= 4 is 22.6 Å². The quantitative estimate of drug-likeness (QED) is 0.705. The number of carbonyl (C=O) groups excluding carboxylic acids is 1. The lowest BCUT2D eigenvalue weighted by Gasteiger charge is -2.05. The average Bonchev–Trinajstić information content (AvgIpc) is 2.95. The van der Waals surface area contributed by atoms with E-state index in [4.69, 9.17) is 0 Å². The van der Waals surface area contributed by atoms with Crippen LogP contribution in [0.2, 0.25) is 0 Å². The van der Waals surface area contributed by atoms with Gasteiger partial charge in [-0.25, -0.2) is 9.78 Å². The number of aromatic amines is 1. The molecule has 0 spiro atoms. The van der Waals surface area contributed by atoms with E-state index in [0.29, 0.717) is 5.39 Å². The molecule has 0 aliphatic heterocycles. The summed E-state index contributed by atoms with van der Waals surface area (Å²) < 4.78 is 1.11. The summed E-state index contributed by atoms with van der Waals surface area (Å²) in [7, 11) is 0. The van der Waals surface area contributed by atoms with Crippen LogP contribution in [0, 0.1) is 0 Å². The molecule has 0 bridgehead atoms. The van der Waals surface area contributed by atoms with E-state index in [-0.39, 0.29) is 18.1 Å². The molecule has 0 unspecified atom stereocenters. The predicted molar refractivity (Wildman–Crippen MR) is 71.0 cm³/mol. The molecule has 0 radical (unpaired) electrons. The van der Waals surface area contributed by atoms with Crippen LogP contribution in [0.25, 0.3) is 10.8 Å². The van der Waals surface area contributed by atoms with Gasteiger partial charge in [0.15, 0.2) is 0 Å². The predicted octanol–water partition coefficient (Wildman–Crippen LogP) is 0.153. The zero-order valence-electron chi connectivity index (χ0n) is 10.3. The van der Waals surface area contributed by atoms with Crippen molar-refractivity contribution in [2.45, 2.75) is 6.54 Å². The summed E-state index contributed by atoms with van der Waals surface area (Å²) in [5.41, 5.74) is -0.309. The van der Waals surface area contributed by atoms with Crippen molar-refractivity contribution in [1.82, 2.24) is 25.0 Å². The molecule has 100 valence electrons. The summed E-state index contributed by atoms with van der Waals surface area (Å²) in [5.74, 6) is -0.185. The van der Waals surface area contributed by atoms with Gasteiger partial charge in [-0.05, 0) is 6.07 Å². The number of fused-ring (bicyclic) bond motifs is 1. The molecule has 2 N–H and O–H groups in total. The second-order valence-corrected chi connectivity index (χ2v) is 4.08. The van der Waals surface area contributed by atoms with Gasteiger partial charge in [-0.2, -0.15) is 15.2 Å². The summed E-state index contributed by atoms with van der Waals surface area (Å²) in [5, 5.41) is 13.8. The third kappa shape index (κ3) is 2.26. The van der Waals surface area contributed by atoms with Crippen LogP contribution in [-0.4, -0.2) is 30.9 Å². The number of rotatable bonds is 3. The molecule has 0 aliphatic rings. The zero-order chi connectivity index (χ0) is 13.9. The van der Waals surface area contributed by atoms with Crippen molar-refractivity contribution < 1.29 is 4.79 Å². The van der Waals surface area contributed by atoms with Gasteiger partial charge < -0.3 is 0 Å². The number of benzene rings is 1. The van der Waals surface area contributed by atoms with Crippen molar-refractivity contribution in [3.8, 4) is 0 Å². The second kappa shape index (κ2) is 4.92. The zero-order valence-corrected chi connectivity index (χ0v) is 10.3. The number of hydrogen-bond donors (Lipinski definition) is 2. The lowest BCUT2D eigenvalue weighted by atomic mass is 10.2. The number of H-pyrrole nitrogens is 1. The van der Waals surface area contributed by atoms with E-state index in [1.807, 2.05) is 6.07 Å². The average molecular weight is 270 g/mol. The molecule has 1 amide bonds. The van der Waals surface area contributed by atoms with E-state index < -0.39 is 5.91 Å². The van der Waals surface area contributed by atoms with Gasteiger partial charge in [-0.15, -0.1) is 0 Å². The first kappa shape index (κ1) is 12.0. The normalized spacial score (nSPS) is 10.6. The number of nitrogens with one attached hydrogen (secondary N) is 2. The molecule has 3 rings (SSSR count). The first-order chi connectivity index (χ1) is 9.74. The highest BCUT2D eigenvalue weighted by atomic mass is 16.2. The Balaban J connectivity index is 1.86. The third-order valence-electron chi connectivity index (χ3n) is 2.73. The number of hydrogen-bond acceptors (Lipinski definition) is 5. The molecular formula is C12H10N6O2. The highest BCUT2D eigenvalue weighted by molar-refractivity contribution is 5.89. The van der Waals surface area contributed by atoms with Crippen molar-refractivity contribution in [3.05, 3.63) is 47.1 Å². The Morgan fingerprint density at radius 3 is 3.00 bits per heavy atom. The van der Waals surface area contributed by atoms with Crippen LogP contribution >= 0.6 is 0 Å². The van der Waals surface area contributed by atoms with Gasteiger partial charge in [0.05, 0.1) is 11.6 Å². The topological polar surface area (TPSA) is 106 Å². The number of amides is 1. The van der Waals surface area contributed by atoms with Crippen LogP contribution < -0.4 is 10.9 Å². The minimum atomic E-state index is -0.411. The van der Waals surface area contributed by atoms with Crippen LogP contribution in [0.5, 0.6) is 0 Å². The Hall–Kier alpha value is -3.03. The summed E-state index contributed by atoms with van der Waals surface area (Å²) in [6.45, 7) is -0.190. The summed E-state index contributed by atoms with van der Waals surface area (Å²) in [6.07, 6.45) is 2.83. The Labute approximate surface area is 112 Å². The van der Waals surface area contributed by atoms with Crippen LogP contribution in [0.1, 0.15) is 0 Å². The van der Waals surface area contributed by atoms with Gasteiger partial charge in [0.25, 0.3) is 5.56 Å². The van der Waals surface area contributed by atoms with Gasteiger partial charge >= 0.3 is 0 Å². The van der Waals surface area contributed by atoms with Crippen LogP contribution in [0.3, 0.4) is 0 Å². The molecule has 1 aromatic carbocycles. The lowest BCUT2D eigenvalue weighted by Crippen LogP contribution is -2.29. The molecule has 0 atom stereocenters. The first-order valence-electron chi connectivity index (χ1n) is 5.84.